The first-order valence-electron chi connectivity index (χ1n) is 6.82. The van der Waals surface area contributed by atoms with Gasteiger partial charge in [-0.15, -0.1) is 0 Å². The Labute approximate surface area is 121 Å². The summed E-state index contributed by atoms with van der Waals surface area (Å²) in [7, 11) is 0. The van der Waals surface area contributed by atoms with Crippen LogP contribution in [-0.4, -0.2) is 39.6 Å². The zero-order chi connectivity index (χ0) is 14.0. The average molecular weight is 290 g/mol. The number of aromatic amines is 1. The summed E-state index contributed by atoms with van der Waals surface area (Å²) in [6.07, 6.45) is 3.31. The predicted molar refractivity (Wildman–Crippen MR) is 82.1 cm³/mol. The van der Waals surface area contributed by atoms with Crippen LogP contribution in [0.2, 0.25) is 0 Å². The summed E-state index contributed by atoms with van der Waals surface area (Å²) in [4.78, 5) is 15.4. The van der Waals surface area contributed by atoms with Gasteiger partial charge in [0.25, 0.3) is 5.91 Å². The van der Waals surface area contributed by atoms with E-state index in [1.807, 2.05) is 36.2 Å². The number of para-hydroxylation sites is 1. The number of rotatable bonds is 3. The molecule has 0 bridgehead atoms. The van der Waals surface area contributed by atoms with E-state index < -0.39 is 5.60 Å². The van der Waals surface area contributed by atoms with Crippen molar-refractivity contribution in [2.24, 2.45) is 0 Å². The summed E-state index contributed by atoms with van der Waals surface area (Å²) in [6.45, 7) is 0.323. The highest BCUT2D eigenvalue weighted by atomic mass is 32.2. The van der Waals surface area contributed by atoms with Gasteiger partial charge in [-0.1, -0.05) is 12.1 Å². The highest BCUT2D eigenvalue weighted by Crippen LogP contribution is 2.26. The van der Waals surface area contributed by atoms with Gasteiger partial charge in [-0.3, -0.25) is 4.79 Å². The maximum absolute atomic E-state index is 12.3. The van der Waals surface area contributed by atoms with Crippen molar-refractivity contribution in [3.05, 3.63) is 36.0 Å². The minimum absolute atomic E-state index is 0.135. The molecule has 1 fully saturated rings. The number of fused-ring (bicyclic) bond motifs is 1. The Hall–Kier alpha value is -1.46. The van der Waals surface area contributed by atoms with Crippen molar-refractivity contribution in [3.63, 3.8) is 0 Å². The molecule has 1 aromatic carbocycles. The molecule has 1 aromatic heterocycles. The van der Waals surface area contributed by atoms with Gasteiger partial charge in [-0.2, -0.15) is 11.8 Å². The van der Waals surface area contributed by atoms with E-state index in [1.54, 1.807) is 6.07 Å². The molecule has 1 aliphatic rings. The lowest BCUT2D eigenvalue weighted by molar-refractivity contribution is 0.0311. The minimum Gasteiger partial charge on any atom is -0.388 e. The maximum atomic E-state index is 12.3. The van der Waals surface area contributed by atoms with Crippen LogP contribution in [-0.2, 0) is 0 Å². The number of carbonyl (C=O) groups is 1. The van der Waals surface area contributed by atoms with Gasteiger partial charge in [0.05, 0.1) is 16.7 Å². The van der Waals surface area contributed by atoms with Crippen LogP contribution in [0, 0.1) is 0 Å². The van der Waals surface area contributed by atoms with E-state index in [0.717, 1.165) is 35.3 Å². The smallest absolute Gasteiger partial charge is 0.253 e. The van der Waals surface area contributed by atoms with Crippen molar-refractivity contribution < 1.29 is 9.90 Å². The fraction of sp³-hybridized carbons (Fsp3) is 0.400. The van der Waals surface area contributed by atoms with Crippen LogP contribution < -0.4 is 5.32 Å². The maximum Gasteiger partial charge on any atom is 0.253 e. The number of thioether (sulfide) groups is 1. The lowest BCUT2D eigenvalue weighted by Gasteiger charge is -2.31. The fourth-order valence-corrected chi connectivity index (χ4v) is 3.80. The number of benzene rings is 1. The highest BCUT2D eigenvalue weighted by Gasteiger charge is 2.30. The predicted octanol–water partition coefficient (Wildman–Crippen LogP) is 2.16. The third-order valence-corrected chi connectivity index (χ3v) is 4.82. The van der Waals surface area contributed by atoms with Gasteiger partial charge in [0, 0.05) is 18.1 Å². The first kappa shape index (κ1) is 13.5. The molecule has 5 heteroatoms. The molecule has 0 unspecified atom stereocenters. The number of amides is 1. The second kappa shape index (κ2) is 5.50. The number of aliphatic hydroxyl groups is 1. The average Bonchev–Trinajstić information content (AvgIpc) is 2.94. The van der Waals surface area contributed by atoms with Gasteiger partial charge in [-0.05, 0) is 36.5 Å². The normalized spacial score (nSPS) is 18.1. The number of H-pyrrole nitrogens is 1. The molecule has 0 aliphatic carbocycles. The van der Waals surface area contributed by atoms with Crippen LogP contribution in [0.3, 0.4) is 0 Å². The Kier molecular flexibility index (Phi) is 3.72. The topological polar surface area (TPSA) is 65.1 Å². The molecule has 0 radical (unpaired) electrons. The molecule has 106 valence electrons. The molecule has 0 spiro atoms. The number of nitrogens with one attached hydrogen (secondary N) is 2. The summed E-state index contributed by atoms with van der Waals surface area (Å²) in [5.41, 5.74) is 0.724. The first-order valence-corrected chi connectivity index (χ1v) is 7.98. The molecule has 2 heterocycles. The number of aromatic nitrogens is 1. The van der Waals surface area contributed by atoms with Gasteiger partial charge in [0.2, 0.25) is 0 Å². The second-order valence-corrected chi connectivity index (χ2v) is 6.49. The Balaban J connectivity index is 1.71. The monoisotopic (exact) mass is 290 g/mol. The molecule has 3 rings (SSSR count). The third kappa shape index (κ3) is 2.69. The van der Waals surface area contributed by atoms with Crippen LogP contribution >= 0.6 is 11.8 Å². The zero-order valence-electron chi connectivity index (χ0n) is 11.2. The Morgan fingerprint density at radius 1 is 1.35 bits per heavy atom. The largest absolute Gasteiger partial charge is 0.388 e. The quantitative estimate of drug-likeness (QED) is 0.811. The van der Waals surface area contributed by atoms with Crippen LogP contribution in [0.1, 0.15) is 23.2 Å². The van der Waals surface area contributed by atoms with Crippen molar-refractivity contribution in [2.75, 3.05) is 18.1 Å². The summed E-state index contributed by atoms with van der Waals surface area (Å²) in [6, 6.07) is 7.58. The molecular formula is C15H18N2O2S. The molecular weight excluding hydrogens is 272 g/mol. The van der Waals surface area contributed by atoms with Crippen molar-refractivity contribution in [2.45, 2.75) is 18.4 Å². The van der Waals surface area contributed by atoms with E-state index in [-0.39, 0.29) is 5.91 Å². The Bertz CT molecular complexity index is 617. The van der Waals surface area contributed by atoms with E-state index >= 15 is 0 Å². The summed E-state index contributed by atoms with van der Waals surface area (Å²) < 4.78 is 0. The standard InChI is InChI=1S/C15H18N2O2S/c18-14(17-10-15(19)5-8-20-9-6-15)12-3-1-2-11-4-7-16-13(11)12/h1-4,7,16,19H,5-6,8-10H2,(H,17,18). The second-order valence-electron chi connectivity index (χ2n) is 5.27. The van der Waals surface area contributed by atoms with E-state index in [0.29, 0.717) is 12.1 Å². The Morgan fingerprint density at radius 3 is 2.95 bits per heavy atom. The van der Waals surface area contributed by atoms with E-state index in [4.69, 9.17) is 0 Å². The molecule has 4 nitrogen and oxygen atoms in total. The first-order chi connectivity index (χ1) is 9.68. The van der Waals surface area contributed by atoms with Gasteiger partial charge >= 0.3 is 0 Å². The molecule has 1 aliphatic heterocycles. The highest BCUT2D eigenvalue weighted by molar-refractivity contribution is 7.99. The summed E-state index contributed by atoms with van der Waals surface area (Å²) >= 11 is 1.85. The lowest BCUT2D eigenvalue weighted by Crippen LogP contribution is -2.45. The molecule has 2 aromatic rings. The number of carbonyl (C=O) groups excluding carboxylic acids is 1. The minimum atomic E-state index is -0.745. The van der Waals surface area contributed by atoms with Gasteiger partial charge in [0.1, 0.15) is 0 Å². The third-order valence-electron chi connectivity index (χ3n) is 3.83. The van der Waals surface area contributed by atoms with Gasteiger partial charge in [0.15, 0.2) is 0 Å². The van der Waals surface area contributed by atoms with E-state index in [2.05, 4.69) is 10.3 Å². The molecule has 0 saturated carbocycles. The van der Waals surface area contributed by atoms with Crippen LogP contribution in [0.5, 0.6) is 0 Å². The number of hydrogen-bond donors (Lipinski definition) is 3. The van der Waals surface area contributed by atoms with Crippen LogP contribution in [0.15, 0.2) is 30.5 Å². The van der Waals surface area contributed by atoms with Crippen molar-refractivity contribution in [3.8, 4) is 0 Å². The summed E-state index contributed by atoms with van der Waals surface area (Å²) in [5.74, 6) is 1.78. The van der Waals surface area contributed by atoms with E-state index in [9.17, 15) is 9.90 Å². The number of hydrogen-bond acceptors (Lipinski definition) is 3. The van der Waals surface area contributed by atoms with Crippen molar-refractivity contribution >= 4 is 28.6 Å². The van der Waals surface area contributed by atoms with E-state index in [1.165, 1.54) is 0 Å². The fourth-order valence-electron chi connectivity index (χ4n) is 2.54. The van der Waals surface area contributed by atoms with Gasteiger partial charge < -0.3 is 15.4 Å². The molecule has 1 saturated heterocycles. The van der Waals surface area contributed by atoms with Crippen LogP contribution in [0.25, 0.3) is 10.9 Å². The Morgan fingerprint density at radius 2 is 2.15 bits per heavy atom. The zero-order valence-corrected chi connectivity index (χ0v) is 12.0. The van der Waals surface area contributed by atoms with Gasteiger partial charge in [-0.25, -0.2) is 0 Å². The molecule has 3 N–H and O–H groups in total. The lowest BCUT2D eigenvalue weighted by atomic mass is 9.96. The summed E-state index contributed by atoms with van der Waals surface area (Å²) in [5, 5.41) is 14.3. The van der Waals surface area contributed by atoms with Crippen LogP contribution in [0.4, 0.5) is 0 Å². The molecule has 0 atom stereocenters. The van der Waals surface area contributed by atoms with Crippen molar-refractivity contribution in [1.29, 1.82) is 0 Å². The SMILES string of the molecule is O=C(NCC1(O)CCSCC1)c1cccc2cc[nH]c12. The molecule has 20 heavy (non-hydrogen) atoms. The molecule has 1 amide bonds. The van der Waals surface area contributed by atoms with Crippen molar-refractivity contribution in [1.82, 2.24) is 10.3 Å².